The molecule has 1 fully saturated rings. The van der Waals surface area contributed by atoms with Crippen LogP contribution in [0.4, 0.5) is 13.2 Å². The van der Waals surface area contributed by atoms with Crippen molar-refractivity contribution in [3.63, 3.8) is 0 Å². The molecule has 0 aliphatic carbocycles. The van der Waals surface area contributed by atoms with Gasteiger partial charge in [-0.2, -0.15) is 13.2 Å². The van der Waals surface area contributed by atoms with Crippen molar-refractivity contribution in [3.05, 3.63) is 0 Å². The molecule has 2 nitrogen and oxygen atoms in total. The normalized spacial score (nSPS) is 22.6. The second-order valence-corrected chi connectivity index (χ2v) is 7.05. The van der Waals surface area contributed by atoms with Gasteiger partial charge in [-0.25, -0.2) is 0 Å². The van der Waals surface area contributed by atoms with Gasteiger partial charge in [-0.15, -0.1) is 0 Å². The monoisotopic (exact) mass is 308 g/mol. The lowest BCUT2D eigenvalue weighted by Gasteiger charge is -2.32. The fraction of sp³-hybridized carbons (Fsp3) is 1.00. The van der Waals surface area contributed by atoms with Crippen molar-refractivity contribution in [2.24, 2.45) is 0 Å². The Hall–Kier alpha value is -0.225. The van der Waals surface area contributed by atoms with Gasteiger partial charge in [0.1, 0.15) is 0 Å². The van der Waals surface area contributed by atoms with Gasteiger partial charge >= 0.3 is 13.3 Å². The van der Waals surface area contributed by atoms with Gasteiger partial charge in [0.15, 0.2) is 0 Å². The van der Waals surface area contributed by atoms with Crippen LogP contribution in [0.3, 0.4) is 0 Å². The Labute approximate surface area is 126 Å². The van der Waals surface area contributed by atoms with Crippen LogP contribution in [0.1, 0.15) is 73.1 Å². The van der Waals surface area contributed by atoms with E-state index in [1.807, 2.05) is 27.7 Å². The number of hydrogen-bond donors (Lipinski definition) is 0. The zero-order chi connectivity index (χ0) is 16.3. The van der Waals surface area contributed by atoms with Crippen LogP contribution >= 0.6 is 0 Å². The predicted molar refractivity (Wildman–Crippen MR) is 79.3 cm³/mol. The molecule has 0 bridgehead atoms. The molecule has 1 heterocycles. The summed E-state index contributed by atoms with van der Waals surface area (Å²) < 4.78 is 50.0. The maximum Gasteiger partial charge on any atom is 0.461 e. The van der Waals surface area contributed by atoms with E-state index in [0.717, 1.165) is 25.7 Å². The number of alkyl halides is 3. The molecular formula is C15H28BF3O2. The summed E-state index contributed by atoms with van der Waals surface area (Å²) in [4.78, 5) is 0. The van der Waals surface area contributed by atoms with E-state index in [9.17, 15) is 13.2 Å². The van der Waals surface area contributed by atoms with Crippen molar-refractivity contribution in [3.8, 4) is 0 Å². The third-order valence-electron chi connectivity index (χ3n) is 4.58. The number of unbranched alkanes of at least 4 members (excludes halogenated alkanes) is 3. The minimum Gasteiger partial charge on any atom is -0.403 e. The molecule has 0 saturated carbocycles. The molecule has 1 rings (SSSR count). The summed E-state index contributed by atoms with van der Waals surface area (Å²) in [5.41, 5.74) is -1.16. The standard InChI is InChI=1S/C15H28BF3O2/c1-6-7-8-9-10-12(11-15(17,18)19)16-20-13(2,3)14(4,5)21-16/h12H,6-11H2,1-5H3. The summed E-state index contributed by atoms with van der Waals surface area (Å²) in [5, 5.41) is 0. The SMILES string of the molecule is CCCCCCC(CC(F)(F)F)B1OC(C)(C)C(C)(C)O1. The van der Waals surface area contributed by atoms with Crippen molar-refractivity contribution in [2.45, 2.75) is 96.3 Å². The van der Waals surface area contributed by atoms with Crippen LogP contribution < -0.4 is 0 Å². The molecule has 1 unspecified atom stereocenters. The van der Waals surface area contributed by atoms with Gasteiger partial charge in [-0.05, 0) is 27.7 Å². The van der Waals surface area contributed by atoms with Gasteiger partial charge in [0.2, 0.25) is 0 Å². The van der Waals surface area contributed by atoms with E-state index in [2.05, 4.69) is 6.92 Å². The number of halogens is 3. The van der Waals surface area contributed by atoms with E-state index < -0.39 is 36.7 Å². The molecule has 0 aromatic rings. The lowest BCUT2D eigenvalue weighted by atomic mass is 9.67. The molecule has 0 radical (unpaired) electrons. The van der Waals surface area contributed by atoms with Crippen molar-refractivity contribution < 1.29 is 22.5 Å². The Balaban J connectivity index is 2.68. The lowest BCUT2D eigenvalue weighted by Crippen LogP contribution is -2.41. The highest BCUT2D eigenvalue weighted by molar-refractivity contribution is 6.47. The average molecular weight is 308 g/mol. The summed E-state index contributed by atoms with van der Waals surface area (Å²) in [7, 11) is -0.766. The van der Waals surface area contributed by atoms with Gasteiger partial charge in [-0.3, -0.25) is 0 Å². The zero-order valence-electron chi connectivity index (χ0n) is 13.8. The Morgan fingerprint density at radius 1 is 0.952 bits per heavy atom. The molecule has 1 saturated heterocycles. The summed E-state index contributed by atoms with van der Waals surface area (Å²) in [6.07, 6.45) is -0.642. The quantitative estimate of drug-likeness (QED) is 0.465. The summed E-state index contributed by atoms with van der Waals surface area (Å²) >= 11 is 0. The third kappa shape index (κ3) is 5.48. The smallest absolute Gasteiger partial charge is 0.403 e. The van der Waals surface area contributed by atoms with Gasteiger partial charge in [0.05, 0.1) is 11.2 Å². The van der Waals surface area contributed by atoms with Gasteiger partial charge in [-0.1, -0.05) is 39.0 Å². The van der Waals surface area contributed by atoms with E-state index in [4.69, 9.17) is 9.31 Å². The molecular weight excluding hydrogens is 280 g/mol. The first kappa shape index (κ1) is 18.8. The van der Waals surface area contributed by atoms with Crippen molar-refractivity contribution in [1.82, 2.24) is 0 Å². The Morgan fingerprint density at radius 3 is 1.90 bits per heavy atom. The van der Waals surface area contributed by atoms with Crippen LogP contribution in [0.5, 0.6) is 0 Å². The highest BCUT2D eigenvalue weighted by Gasteiger charge is 2.54. The highest BCUT2D eigenvalue weighted by atomic mass is 19.4. The Morgan fingerprint density at radius 2 is 1.48 bits per heavy atom. The Bertz CT molecular complexity index is 313. The average Bonchev–Trinajstić information content (AvgIpc) is 2.51. The first-order chi connectivity index (χ1) is 9.48. The summed E-state index contributed by atoms with van der Waals surface area (Å²) in [5.74, 6) is -0.622. The molecule has 0 aromatic carbocycles. The van der Waals surface area contributed by atoms with Crippen LogP contribution in [0.15, 0.2) is 0 Å². The second-order valence-electron chi connectivity index (χ2n) is 7.05. The molecule has 124 valence electrons. The lowest BCUT2D eigenvalue weighted by molar-refractivity contribution is -0.136. The van der Waals surface area contributed by atoms with Crippen LogP contribution in [0.2, 0.25) is 5.82 Å². The minimum atomic E-state index is -4.18. The molecule has 0 amide bonds. The first-order valence-corrected chi connectivity index (χ1v) is 7.91. The van der Waals surface area contributed by atoms with E-state index in [-0.39, 0.29) is 0 Å². The van der Waals surface area contributed by atoms with E-state index >= 15 is 0 Å². The highest BCUT2D eigenvalue weighted by Crippen LogP contribution is 2.44. The molecule has 1 aliphatic rings. The third-order valence-corrected chi connectivity index (χ3v) is 4.58. The first-order valence-electron chi connectivity index (χ1n) is 7.91. The molecule has 0 aromatic heterocycles. The largest absolute Gasteiger partial charge is 0.461 e. The predicted octanol–water partition coefficient (Wildman–Crippen LogP) is 5.37. The maximum atomic E-state index is 12.8. The van der Waals surface area contributed by atoms with E-state index in [1.165, 1.54) is 0 Å². The molecule has 21 heavy (non-hydrogen) atoms. The van der Waals surface area contributed by atoms with Crippen LogP contribution in [0, 0.1) is 0 Å². The number of rotatable bonds is 7. The zero-order valence-corrected chi connectivity index (χ0v) is 13.8. The summed E-state index contributed by atoms with van der Waals surface area (Å²) in [6.45, 7) is 9.56. The fourth-order valence-corrected chi connectivity index (χ4v) is 2.55. The van der Waals surface area contributed by atoms with E-state index in [0.29, 0.717) is 6.42 Å². The molecule has 1 atom stereocenters. The van der Waals surface area contributed by atoms with Crippen LogP contribution in [-0.2, 0) is 9.31 Å². The van der Waals surface area contributed by atoms with Crippen LogP contribution in [-0.4, -0.2) is 24.5 Å². The van der Waals surface area contributed by atoms with Gasteiger partial charge in [0, 0.05) is 12.2 Å². The molecule has 0 N–H and O–H groups in total. The Kier molecular flexibility index (Phi) is 6.19. The number of hydrogen-bond acceptors (Lipinski definition) is 2. The van der Waals surface area contributed by atoms with Crippen molar-refractivity contribution >= 4 is 7.12 Å². The molecule has 6 heteroatoms. The molecule has 0 spiro atoms. The van der Waals surface area contributed by atoms with Crippen LogP contribution in [0.25, 0.3) is 0 Å². The maximum absolute atomic E-state index is 12.8. The van der Waals surface area contributed by atoms with Crippen molar-refractivity contribution in [1.29, 1.82) is 0 Å². The summed E-state index contributed by atoms with van der Waals surface area (Å²) in [6, 6.07) is 0. The second kappa shape index (κ2) is 6.90. The van der Waals surface area contributed by atoms with E-state index in [1.54, 1.807) is 0 Å². The van der Waals surface area contributed by atoms with Crippen molar-refractivity contribution in [2.75, 3.05) is 0 Å². The van der Waals surface area contributed by atoms with Gasteiger partial charge < -0.3 is 9.31 Å². The fourth-order valence-electron chi connectivity index (χ4n) is 2.55. The topological polar surface area (TPSA) is 18.5 Å². The van der Waals surface area contributed by atoms with Gasteiger partial charge in [0.25, 0.3) is 0 Å². The molecule has 1 aliphatic heterocycles. The minimum absolute atomic E-state index is 0.496.